The first kappa shape index (κ1) is 11.8. The summed E-state index contributed by atoms with van der Waals surface area (Å²) in [5.41, 5.74) is 0.950. The van der Waals surface area contributed by atoms with Crippen molar-refractivity contribution in [2.45, 2.75) is 6.92 Å². The van der Waals surface area contributed by atoms with Crippen LogP contribution in [0.4, 0.5) is 4.39 Å². The molecule has 17 heavy (non-hydrogen) atoms. The molecule has 0 aliphatic carbocycles. The van der Waals surface area contributed by atoms with Crippen LogP contribution in [0.2, 0.25) is 5.02 Å². The van der Waals surface area contributed by atoms with E-state index < -0.39 is 11.6 Å². The van der Waals surface area contributed by atoms with Crippen LogP contribution in [-0.4, -0.2) is 15.6 Å². The number of halogens is 2. The van der Waals surface area contributed by atoms with Crippen LogP contribution >= 0.6 is 11.6 Å². The van der Waals surface area contributed by atoms with Crippen molar-refractivity contribution in [3.8, 4) is 0 Å². The highest BCUT2D eigenvalue weighted by Gasteiger charge is 2.20. The third-order valence-electron chi connectivity index (χ3n) is 2.48. The average molecular weight is 253 g/mol. The van der Waals surface area contributed by atoms with Gasteiger partial charge in [0.25, 0.3) is 0 Å². The highest BCUT2D eigenvalue weighted by Crippen LogP contribution is 2.20. The molecule has 0 saturated heterocycles. The lowest BCUT2D eigenvalue weighted by Gasteiger charge is -2.04. The quantitative estimate of drug-likeness (QED) is 0.771. The number of aryl methyl sites for hydroxylation is 2. The Hall–Kier alpha value is -1.68. The van der Waals surface area contributed by atoms with E-state index in [1.54, 1.807) is 20.0 Å². The molecule has 0 saturated carbocycles. The second-order valence-corrected chi connectivity index (χ2v) is 4.18. The molecule has 0 spiro atoms. The van der Waals surface area contributed by atoms with Gasteiger partial charge in [-0.3, -0.25) is 9.48 Å². The van der Waals surface area contributed by atoms with Gasteiger partial charge in [0.1, 0.15) is 11.5 Å². The molecular weight excluding hydrogens is 243 g/mol. The van der Waals surface area contributed by atoms with Gasteiger partial charge < -0.3 is 0 Å². The van der Waals surface area contributed by atoms with Gasteiger partial charge in [0, 0.05) is 7.05 Å². The van der Waals surface area contributed by atoms with Crippen LogP contribution in [0.3, 0.4) is 0 Å². The Bertz CT molecular complexity index is 573. The van der Waals surface area contributed by atoms with Crippen LogP contribution < -0.4 is 0 Å². The van der Waals surface area contributed by atoms with E-state index in [0.29, 0.717) is 0 Å². The summed E-state index contributed by atoms with van der Waals surface area (Å²) in [4.78, 5) is 12.1. The molecule has 0 unspecified atom stereocenters. The molecule has 2 aromatic rings. The number of carbonyl (C=O) groups excluding carboxylic acids is 1. The van der Waals surface area contributed by atoms with Crippen molar-refractivity contribution in [2.75, 3.05) is 0 Å². The molecule has 88 valence electrons. The minimum atomic E-state index is -0.549. The average Bonchev–Trinajstić information content (AvgIpc) is 2.58. The molecule has 0 atom stereocenters. The Morgan fingerprint density at radius 3 is 2.71 bits per heavy atom. The predicted octanol–water partition coefficient (Wildman–Crippen LogP) is 2.75. The number of ketones is 1. The molecule has 3 nitrogen and oxygen atoms in total. The minimum Gasteiger partial charge on any atom is -0.287 e. The van der Waals surface area contributed by atoms with E-state index in [1.807, 2.05) is 0 Å². The molecule has 2 rings (SSSR count). The number of hydrogen-bond acceptors (Lipinski definition) is 2. The zero-order valence-electron chi connectivity index (χ0n) is 9.37. The van der Waals surface area contributed by atoms with Gasteiger partial charge >= 0.3 is 0 Å². The topological polar surface area (TPSA) is 34.9 Å². The van der Waals surface area contributed by atoms with Crippen LogP contribution in [0, 0.1) is 12.7 Å². The van der Waals surface area contributed by atoms with Gasteiger partial charge in [0.2, 0.25) is 5.78 Å². The molecule has 0 amide bonds. The van der Waals surface area contributed by atoms with Crippen molar-refractivity contribution in [3.05, 3.63) is 52.1 Å². The van der Waals surface area contributed by atoms with E-state index in [-0.39, 0.29) is 16.3 Å². The fraction of sp³-hybridized carbons (Fsp3) is 0.167. The van der Waals surface area contributed by atoms with E-state index in [4.69, 9.17) is 11.6 Å². The number of carbonyl (C=O) groups is 1. The standard InChI is InChI=1S/C12H10ClFN2O/c1-7-3-4-8(10(14)5-7)12(17)11-9(13)6-15-16(11)2/h3-6H,1-2H3. The van der Waals surface area contributed by atoms with Crippen molar-refractivity contribution in [1.29, 1.82) is 0 Å². The highest BCUT2D eigenvalue weighted by molar-refractivity contribution is 6.34. The van der Waals surface area contributed by atoms with E-state index in [9.17, 15) is 9.18 Å². The summed E-state index contributed by atoms with van der Waals surface area (Å²) in [6.45, 7) is 1.76. The van der Waals surface area contributed by atoms with Gasteiger partial charge in [-0.2, -0.15) is 5.10 Å². The fourth-order valence-electron chi connectivity index (χ4n) is 1.60. The summed E-state index contributed by atoms with van der Waals surface area (Å²) in [6.07, 6.45) is 1.36. The highest BCUT2D eigenvalue weighted by atomic mass is 35.5. The molecule has 5 heteroatoms. The maximum absolute atomic E-state index is 13.7. The first-order valence-electron chi connectivity index (χ1n) is 4.99. The van der Waals surface area contributed by atoms with E-state index >= 15 is 0 Å². The van der Waals surface area contributed by atoms with Crippen molar-refractivity contribution in [1.82, 2.24) is 9.78 Å². The second kappa shape index (κ2) is 4.30. The van der Waals surface area contributed by atoms with Crippen LogP contribution in [0.5, 0.6) is 0 Å². The van der Waals surface area contributed by atoms with Crippen molar-refractivity contribution in [2.24, 2.45) is 7.05 Å². The maximum atomic E-state index is 13.7. The van der Waals surface area contributed by atoms with Gasteiger partial charge in [0.15, 0.2) is 0 Å². The maximum Gasteiger partial charge on any atom is 0.215 e. The largest absolute Gasteiger partial charge is 0.287 e. The Morgan fingerprint density at radius 2 is 2.18 bits per heavy atom. The molecule has 0 aliphatic heterocycles. The summed E-state index contributed by atoms with van der Waals surface area (Å²) in [7, 11) is 1.59. The fourth-order valence-corrected chi connectivity index (χ4v) is 1.85. The molecule has 0 radical (unpaired) electrons. The lowest BCUT2D eigenvalue weighted by atomic mass is 10.1. The van der Waals surface area contributed by atoms with Crippen LogP contribution in [0.15, 0.2) is 24.4 Å². The summed E-state index contributed by atoms with van der Waals surface area (Å²) >= 11 is 5.85. The Morgan fingerprint density at radius 1 is 1.47 bits per heavy atom. The lowest BCUT2D eigenvalue weighted by molar-refractivity contribution is 0.102. The van der Waals surface area contributed by atoms with Gasteiger partial charge in [-0.1, -0.05) is 17.7 Å². The van der Waals surface area contributed by atoms with Gasteiger partial charge in [0.05, 0.1) is 16.8 Å². The smallest absolute Gasteiger partial charge is 0.215 e. The number of rotatable bonds is 2. The summed E-state index contributed by atoms with van der Waals surface area (Å²) < 4.78 is 15.0. The monoisotopic (exact) mass is 252 g/mol. The first-order chi connectivity index (χ1) is 8.00. The first-order valence-corrected chi connectivity index (χ1v) is 5.37. The number of aromatic nitrogens is 2. The van der Waals surface area contributed by atoms with Crippen LogP contribution in [0.1, 0.15) is 21.6 Å². The third kappa shape index (κ3) is 2.08. The van der Waals surface area contributed by atoms with Crippen LogP contribution in [0.25, 0.3) is 0 Å². The number of nitrogens with zero attached hydrogens (tertiary/aromatic N) is 2. The second-order valence-electron chi connectivity index (χ2n) is 3.78. The van der Waals surface area contributed by atoms with Crippen molar-refractivity contribution >= 4 is 17.4 Å². The third-order valence-corrected chi connectivity index (χ3v) is 2.75. The molecule has 0 aliphatic rings. The molecular formula is C12H10ClFN2O. The number of hydrogen-bond donors (Lipinski definition) is 0. The van der Waals surface area contributed by atoms with Gasteiger partial charge in [-0.05, 0) is 24.6 Å². The minimum absolute atomic E-state index is 0.00102. The molecule has 0 N–H and O–H groups in total. The zero-order valence-corrected chi connectivity index (χ0v) is 10.1. The van der Waals surface area contributed by atoms with E-state index in [1.165, 1.54) is 23.0 Å². The van der Waals surface area contributed by atoms with E-state index in [0.717, 1.165) is 5.56 Å². The molecule has 0 bridgehead atoms. The van der Waals surface area contributed by atoms with Crippen molar-refractivity contribution < 1.29 is 9.18 Å². The normalized spacial score (nSPS) is 10.6. The summed E-state index contributed by atoms with van der Waals surface area (Å²) in [5, 5.41) is 4.07. The molecule has 0 fully saturated rings. The van der Waals surface area contributed by atoms with Gasteiger partial charge in [-0.25, -0.2) is 4.39 Å². The Balaban J connectivity index is 2.51. The summed E-state index contributed by atoms with van der Waals surface area (Å²) in [6, 6.07) is 4.45. The molecule has 1 aromatic heterocycles. The Labute approximate surface area is 103 Å². The zero-order chi connectivity index (χ0) is 12.6. The van der Waals surface area contributed by atoms with Crippen molar-refractivity contribution in [3.63, 3.8) is 0 Å². The molecule has 1 heterocycles. The number of benzene rings is 1. The Kier molecular flexibility index (Phi) is 2.98. The predicted molar refractivity (Wildman–Crippen MR) is 62.8 cm³/mol. The molecule has 1 aromatic carbocycles. The lowest BCUT2D eigenvalue weighted by Crippen LogP contribution is -2.10. The van der Waals surface area contributed by atoms with Gasteiger partial charge in [-0.15, -0.1) is 0 Å². The van der Waals surface area contributed by atoms with E-state index in [2.05, 4.69) is 5.10 Å². The summed E-state index contributed by atoms with van der Waals surface area (Å²) in [5.74, 6) is -1.01. The van der Waals surface area contributed by atoms with Crippen LogP contribution in [-0.2, 0) is 7.05 Å². The SMILES string of the molecule is Cc1ccc(C(=O)c2c(Cl)cnn2C)c(F)c1.